The summed E-state index contributed by atoms with van der Waals surface area (Å²) in [5.41, 5.74) is 3.06. The molecule has 1 aliphatic rings. The first-order chi connectivity index (χ1) is 6.29. The largest absolute Gasteiger partial charge is 0.465 e. The van der Waals surface area contributed by atoms with Crippen molar-refractivity contribution in [3.63, 3.8) is 0 Å². The van der Waals surface area contributed by atoms with E-state index in [4.69, 9.17) is 10.00 Å². The van der Waals surface area contributed by atoms with E-state index in [9.17, 15) is 0 Å². The zero-order valence-electron chi connectivity index (χ0n) is 7.24. The molecular formula is C10H8N2O. The number of nitriles is 1. The van der Waals surface area contributed by atoms with Crippen molar-refractivity contribution in [2.24, 2.45) is 4.99 Å². The van der Waals surface area contributed by atoms with Crippen LogP contribution in [0.2, 0.25) is 0 Å². The van der Waals surface area contributed by atoms with E-state index in [0.29, 0.717) is 6.61 Å². The van der Waals surface area contributed by atoms with Crippen LogP contribution < -0.4 is 0 Å². The lowest BCUT2D eigenvalue weighted by molar-refractivity contribution is 0.291. The Kier molecular flexibility index (Phi) is 1.75. The zero-order valence-corrected chi connectivity index (χ0v) is 7.24. The topological polar surface area (TPSA) is 45.4 Å². The third-order valence-corrected chi connectivity index (χ3v) is 1.92. The summed E-state index contributed by atoms with van der Waals surface area (Å²) in [5, 5.41) is 8.57. The van der Waals surface area contributed by atoms with Crippen LogP contribution in [0.1, 0.15) is 11.1 Å². The number of hydrogen-bond donors (Lipinski definition) is 0. The number of benzene rings is 1. The lowest BCUT2D eigenvalue weighted by atomic mass is 10.1. The highest BCUT2D eigenvalue weighted by molar-refractivity contribution is 5.94. The molecule has 1 aromatic carbocycles. The first-order valence-electron chi connectivity index (χ1n) is 4.01. The second kappa shape index (κ2) is 2.91. The predicted octanol–water partition coefficient (Wildman–Crippen LogP) is 2.08. The molecule has 1 aromatic rings. The quantitative estimate of drug-likeness (QED) is 0.601. The summed E-state index contributed by atoms with van der Waals surface area (Å²) in [4.78, 5) is 4.04. The van der Waals surface area contributed by atoms with Gasteiger partial charge in [-0.15, -0.1) is 0 Å². The second-order valence-corrected chi connectivity index (χ2v) is 2.95. The maximum absolute atomic E-state index is 8.57. The van der Waals surface area contributed by atoms with E-state index in [1.54, 1.807) is 0 Å². The van der Waals surface area contributed by atoms with Crippen molar-refractivity contribution in [1.82, 2.24) is 0 Å². The molecule has 0 saturated carbocycles. The van der Waals surface area contributed by atoms with Crippen molar-refractivity contribution in [2.75, 3.05) is 0 Å². The summed E-state index contributed by atoms with van der Waals surface area (Å²) < 4.78 is 5.10. The monoisotopic (exact) mass is 172 g/mol. The van der Waals surface area contributed by atoms with Gasteiger partial charge in [-0.05, 0) is 13.0 Å². The minimum Gasteiger partial charge on any atom is -0.465 e. The van der Waals surface area contributed by atoms with E-state index in [-0.39, 0.29) is 5.90 Å². The second-order valence-electron chi connectivity index (χ2n) is 2.95. The van der Waals surface area contributed by atoms with Crippen LogP contribution in [0.15, 0.2) is 23.2 Å². The minimum atomic E-state index is 0.149. The molecule has 0 atom stereocenters. The van der Waals surface area contributed by atoms with Gasteiger partial charge in [0.2, 0.25) is 0 Å². The van der Waals surface area contributed by atoms with Crippen LogP contribution in [0.4, 0.5) is 5.69 Å². The van der Waals surface area contributed by atoms with Crippen molar-refractivity contribution < 1.29 is 4.74 Å². The van der Waals surface area contributed by atoms with Crippen LogP contribution in [-0.4, -0.2) is 5.90 Å². The van der Waals surface area contributed by atoms with Gasteiger partial charge >= 0.3 is 0 Å². The molecule has 3 nitrogen and oxygen atoms in total. The Morgan fingerprint density at radius 1 is 1.54 bits per heavy atom. The van der Waals surface area contributed by atoms with Crippen molar-refractivity contribution in [1.29, 1.82) is 5.26 Å². The molecule has 0 radical (unpaired) electrons. The van der Waals surface area contributed by atoms with Crippen molar-refractivity contribution >= 4 is 11.6 Å². The number of aliphatic imine (C=N–C) groups is 1. The molecule has 0 amide bonds. The Labute approximate surface area is 76.3 Å². The Hall–Kier alpha value is -1.82. The van der Waals surface area contributed by atoms with Crippen molar-refractivity contribution in [3.8, 4) is 6.07 Å². The highest BCUT2D eigenvalue weighted by Gasteiger charge is 2.11. The Bertz CT molecular complexity index is 415. The number of rotatable bonds is 0. The average molecular weight is 172 g/mol. The Morgan fingerprint density at radius 3 is 3.15 bits per heavy atom. The molecule has 0 unspecified atom stereocenters. The van der Waals surface area contributed by atoms with Gasteiger partial charge in [-0.2, -0.15) is 5.26 Å². The molecule has 13 heavy (non-hydrogen) atoms. The first kappa shape index (κ1) is 7.81. The molecule has 0 bridgehead atoms. The van der Waals surface area contributed by atoms with Gasteiger partial charge in [0, 0.05) is 5.56 Å². The fraction of sp³-hybridized carbons (Fsp3) is 0.200. The number of ether oxygens (including phenoxy) is 1. The normalized spacial score (nSPS) is 13.7. The van der Waals surface area contributed by atoms with Crippen molar-refractivity contribution in [3.05, 3.63) is 29.3 Å². The van der Waals surface area contributed by atoms with Gasteiger partial charge in [-0.25, -0.2) is 4.99 Å². The maximum atomic E-state index is 8.57. The van der Waals surface area contributed by atoms with Gasteiger partial charge in [0.1, 0.15) is 6.61 Å². The predicted molar refractivity (Wildman–Crippen MR) is 48.7 cm³/mol. The van der Waals surface area contributed by atoms with Gasteiger partial charge in [-0.3, -0.25) is 0 Å². The summed E-state index contributed by atoms with van der Waals surface area (Å²) in [6.45, 7) is 2.47. The van der Waals surface area contributed by atoms with Gasteiger partial charge in [0.25, 0.3) is 5.90 Å². The van der Waals surface area contributed by atoms with Gasteiger partial charge in [-0.1, -0.05) is 17.7 Å². The maximum Gasteiger partial charge on any atom is 0.296 e. The van der Waals surface area contributed by atoms with Crippen molar-refractivity contribution in [2.45, 2.75) is 13.5 Å². The molecule has 1 heterocycles. The molecule has 3 heteroatoms. The summed E-state index contributed by atoms with van der Waals surface area (Å²) in [6, 6.07) is 7.79. The number of nitrogens with zero attached hydrogens (tertiary/aromatic N) is 2. The molecule has 0 N–H and O–H groups in total. The van der Waals surface area contributed by atoms with Crippen LogP contribution in [0.3, 0.4) is 0 Å². The molecule has 64 valence electrons. The van der Waals surface area contributed by atoms with E-state index >= 15 is 0 Å². The smallest absolute Gasteiger partial charge is 0.296 e. The van der Waals surface area contributed by atoms with Crippen LogP contribution >= 0.6 is 0 Å². The van der Waals surface area contributed by atoms with E-state index in [0.717, 1.165) is 11.3 Å². The van der Waals surface area contributed by atoms with Crippen LogP contribution in [0.5, 0.6) is 0 Å². The minimum absolute atomic E-state index is 0.149. The fourth-order valence-corrected chi connectivity index (χ4v) is 1.28. The SMILES string of the molecule is Cc1ccc2c(c1)COC(C#N)=N2. The first-order valence-corrected chi connectivity index (χ1v) is 4.01. The number of fused-ring (bicyclic) bond motifs is 1. The van der Waals surface area contributed by atoms with Crippen LogP contribution in [0.25, 0.3) is 0 Å². The van der Waals surface area contributed by atoms with Gasteiger partial charge in [0.15, 0.2) is 6.07 Å². The molecule has 2 rings (SSSR count). The summed E-state index contributed by atoms with van der Waals surface area (Å²) >= 11 is 0. The lowest BCUT2D eigenvalue weighted by Crippen LogP contribution is -2.07. The molecule has 0 aliphatic carbocycles. The average Bonchev–Trinajstić information content (AvgIpc) is 2.17. The van der Waals surface area contributed by atoms with E-state index in [1.807, 2.05) is 31.2 Å². The van der Waals surface area contributed by atoms with E-state index in [2.05, 4.69) is 4.99 Å². The molecular weight excluding hydrogens is 164 g/mol. The number of aryl methyl sites for hydroxylation is 1. The highest BCUT2D eigenvalue weighted by Crippen LogP contribution is 2.25. The van der Waals surface area contributed by atoms with Crippen LogP contribution in [-0.2, 0) is 11.3 Å². The van der Waals surface area contributed by atoms with E-state index < -0.39 is 0 Å². The van der Waals surface area contributed by atoms with Crippen LogP contribution in [0, 0.1) is 18.3 Å². The zero-order chi connectivity index (χ0) is 9.26. The third-order valence-electron chi connectivity index (χ3n) is 1.92. The van der Waals surface area contributed by atoms with Gasteiger partial charge < -0.3 is 4.74 Å². The molecule has 0 fully saturated rings. The molecule has 0 saturated heterocycles. The fourth-order valence-electron chi connectivity index (χ4n) is 1.28. The van der Waals surface area contributed by atoms with Gasteiger partial charge in [0.05, 0.1) is 5.69 Å². The lowest BCUT2D eigenvalue weighted by Gasteiger charge is -2.12. The summed E-state index contributed by atoms with van der Waals surface area (Å²) in [6.07, 6.45) is 0. The Morgan fingerprint density at radius 2 is 2.38 bits per heavy atom. The molecule has 1 aliphatic heterocycles. The highest BCUT2D eigenvalue weighted by atomic mass is 16.5. The number of hydrogen-bond acceptors (Lipinski definition) is 3. The standard InChI is InChI=1S/C10H8N2O/c1-7-2-3-9-8(4-7)6-13-10(5-11)12-9/h2-4H,6H2,1H3. The third kappa shape index (κ3) is 1.38. The van der Waals surface area contributed by atoms with E-state index in [1.165, 1.54) is 5.56 Å². The Balaban J connectivity index is 2.50. The summed E-state index contributed by atoms with van der Waals surface area (Å²) in [5.74, 6) is 0.149. The molecule has 0 spiro atoms. The molecule has 0 aromatic heterocycles. The summed E-state index contributed by atoms with van der Waals surface area (Å²) in [7, 11) is 0.